The maximum absolute atomic E-state index is 12.2. The molecular weight excluding hydrogens is 326 g/mol. The van der Waals surface area contributed by atoms with Gasteiger partial charge in [0.2, 0.25) is 0 Å². The van der Waals surface area contributed by atoms with Crippen LogP contribution in [0.4, 0.5) is 5.69 Å². The molecule has 0 saturated carbocycles. The fourth-order valence-corrected chi connectivity index (χ4v) is 3.82. The Morgan fingerprint density at radius 1 is 1.00 bits per heavy atom. The van der Waals surface area contributed by atoms with E-state index in [1.807, 2.05) is 31.3 Å². The topological polar surface area (TPSA) is 41.6 Å². The summed E-state index contributed by atoms with van der Waals surface area (Å²) in [6.07, 6.45) is 3.86. The minimum atomic E-state index is -0.303. The summed E-state index contributed by atoms with van der Waals surface area (Å²) in [5.41, 5.74) is 4.11. The first kappa shape index (κ1) is 16.9. The zero-order valence-electron chi connectivity index (χ0n) is 15.2. The molecular formula is C21H25N3O2. The van der Waals surface area contributed by atoms with Gasteiger partial charge >= 0.3 is 5.76 Å². The van der Waals surface area contributed by atoms with Gasteiger partial charge in [-0.25, -0.2) is 4.79 Å². The number of aromatic nitrogens is 1. The molecule has 136 valence electrons. The van der Waals surface area contributed by atoms with Gasteiger partial charge in [-0.2, -0.15) is 0 Å². The Morgan fingerprint density at radius 3 is 2.58 bits per heavy atom. The molecule has 0 atom stereocenters. The van der Waals surface area contributed by atoms with E-state index in [1.165, 1.54) is 30.5 Å². The molecule has 1 saturated heterocycles. The van der Waals surface area contributed by atoms with Crippen molar-refractivity contribution in [2.24, 2.45) is 0 Å². The van der Waals surface area contributed by atoms with E-state index in [2.05, 4.69) is 34.1 Å². The third-order valence-corrected chi connectivity index (χ3v) is 5.09. The molecule has 5 heteroatoms. The smallest absolute Gasteiger partial charge is 0.408 e. The summed E-state index contributed by atoms with van der Waals surface area (Å²) in [4.78, 5) is 16.9. The predicted octanol–water partition coefficient (Wildman–Crippen LogP) is 3.67. The summed E-state index contributed by atoms with van der Waals surface area (Å²) >= 11 is 0. The number of fused-ring (bicyclic) bond motifs is 1. The van der Waals surface area contributed by atoms with Crippen molar-refractivity contribution in [3.63, 3.8) is 0 Å². The lowest BCUT2D eigenvalue weighted by Gasteiger charge is -2.31. The van der Waals surface area contributed by atoms with Crippen LogP contribution in [0, 0.1) is 0 Å². The van der Waals surface area contributed by atoms with Crippen molar-refractivity contribution < 1.29 is 4.42 Å². The maximum Gasteiger partial charge on any atom is 0.421 e. The second-order valence-corrected chi connectivity index (χ2v) is 7.10. The molecule has 1 aromatic heterocycles. The van der Waals surface area contributed by atoms with E-state index in [9.17, 15) is 4.79 Å². The van der Waals surface area contributed by atoms with Crippen LogP contribution in [0.25, 0.3) is 11.1 Å². The van der Waals surface area contributed by atoms with Gasteiger partial charge < -0.3 is 9.32 Å². The van der Waals surface area contributed by atoms with Gasteiger partial charge in [0.25, 0.3) is 0 Å². The lowest BCUT2D eigenvalue weighted by Crippen LogP contribution is -2.32. The number of hydrogen-bond acceptors (Lipinski definition) is 4. The fraction of sp³-hybridized carbons (Fsp3) is 0.381. The van der Waals surface area contributed by atoms with E-state index in [0.29, 0.717) is 12.3 Å². The standard InChI is InChI=1S/C21H25N3O2/c1-22(16-24-19-11-5-6-12-20(19)26-21(24)25)15-17-9-3-4-10-18(17)23-13-7-2-8-14-23/h3-6,9-12H,2,7-8,13-16H2,1H3. The minimum Gasteiger partial charge on any atom is -0.408 e. The maximum atomic E-state index is 12.2. The highest BCUT2D eigenvalue weighted by Gasteiger charge is 2.16. The average Bonchev–Trinajstić information content (AvgIpc) is 2.98. The van der Waals surface area contributed by atoms with Gasteiger partial charge in [0.15, 0.2) is 5.58 Å². The van der Waals surface area contributed by atoms with E-state index in [4.69, 9.17) is 4.42 Å². The van der Waals surface area contributed by atoms with Crippen LogP contribution in [-0.4, -0.2) is 29.6 Å². The Hall–Kier alpha value is -2.53. The van der Waals surface area contributed by atoms with E-state index < -0.39 is 0 Å². The van der Waals surface area contributed by atoms with Gasteiger partial charge in [0.05, 0.1) is 12.2 Å². The lowest BCUT2D eigenvalue weighted by atomic mass is 10.1. The van der Waals surface area contributed by atoms with Crippen molar-refractivity contribution in [2.75, 3.05) is 25.0 Å². The summed E-state index contributed by atoms with van der Waals surface area (Å²) in [7, 11) is 2.04. The normalized spacial score (nSPS) is 15.1. The third kappa shape index (κ3) is 3.40. The van der Waals surface area contributed by atoms with Crippen LogP contribution < -0.4 is 10.7 Å². The van der Waals surface area contributed by atoms with Crippen LogP contribution in [0.15, 0.2) is 57.7 Å². The zero-order valence-corrected chi connectivity index (χ0v) is 15.2. The second-order valence-electron chi connectivity index (χ2n) is 7.10. The molecule has 2 aromatic carbocycles. The second kappa shape index (κ2) is 7.38. The Labute approximate surface area is 153 Å². The molecule has 3 aromatic rings. The van der Waals surface area contributed by atoms with Crippen molar-refractivity contribution in [2.45, 2.75) is 32.5 Å². The number of hydrogen-bond donors (Lipinski definition) is 0. The van der Waals surface area contributed by atoms with Crippen LogP contribution >= 0.6 is 0 Å². The van der Waals surface area contributed by atoms with E-state index in [0.717, 1.165) is 25.2 Å². The number of piperidine rings is 1. The van der Waals surface area contributed by atoms with Gasteiger partial charge in [-0.15, -0.1) is 0 Å². The number of para-hydroxylation sites is 3. The molecule has 1 aliphatic heterocycles. The van der Waals surface area contributed by atoms with Crippen molar-refractivity contribution in [1.29, 1.82) is 0 Å². The molecule has 0 aliphatic carbocycles. The first-order valence-electron chi connectivity index (χ1n) is 9.32. The first-order valence-corrected chi connectivity index (χ1v) is 9.32. The van der Waals surface area contributed by atoms with Crippen LogP contribution in [0.5, 0.6) is 0 Å². The molecule has 0 spiro atoms. The van der Waals surface area contributed by atoms with Crippen molar-refractivity contribution in [3.8, 4) is 0 Å². The van der Waals surface area contributed by atoms with Gasteiger partial charge in [-0.3, -0.25) is 9.47 Å². The molecule has 0 bridgehead atoms. The zero-order chi connectivity index (χ0) is 17.9. The highest BCUT2D eigenvalue weighted by molar-refractivity contribution is 5.72. The summed E-state index contributed by atoms with van der Waals surface area (Å²) in [6.45, 7) is 3.56. The molecule has 1 fully saturated rings. The quantitative estimate of drug-likeness (QED) is 0.703. The molecule has 5 nitrogen and oxygen atoms in total. The molecule has 0 unspecified atom stereocenters. The molecule has 2 heterocycles. The van der Waals surface area contributed by atoms with E-state index >= 15 is 0 Å². The third-order valence-electron chi connectivity index (χ3n) is 5.09. The van der Waals surface area contributed by atoms with Crippen LogP contribution in [0.1, 0.15) is 24.8 Å². The Kier molecular flexibility index (Phi) is 4.80. The Bertz CT molecular complexity index is 938. The number of rotatable bonds is 5. The van der Waals surface area contributed by atoms with Gasteiger partial charge in [0.1, 0.15) is 0 Å². The van der Waals surface area contributed by atoms with Crippen molar-refractivity contribution in [1.82, 2.24) is 9.47 Å². The molecule has 0 N–H and O–H groups in total. The number of anilines is 1. The summed E-state index contributed by atoms with van der Waals surface area (Å²) in [5, 5.41) is 0. The molecule has 26 heavy (non-hydrogen) atoms. The highest BCUT2D eigenvalue weighted by atomic mass is 16.4. The molecule has 4 rings (SSSR count). The Balaban J connectivity index is 1.54. The minimum absolute atomic E-state index is 0.303. The van der Waals surface area contributed by atoms with E-state index in [-0.39, 0.29) is 5.76 Å². The molecule has 0 amide bonds. The number of oxazole rings is 1. The Morgan fingerprint density at radius 2 is 1.73 bits per heavy atom. The van der Waals surface area contributed by atoms with Gasteiger partial charge in [0, 0.05) is 25.3 Å². The van der Waals surface area contributed by atoms with Crippen LogP contribution in [0.2, 0.25) is 0 Å². The first-order chi connectivity index (χ1) is 12.7. The van der Waals surface area contributed by atoms with Crippen LogP contribution in [-0.2, 0) is 13.2 Å². The largest absolute Gasteiger partial charge is 0.421 e. The van der Waals surface area contributed by atoms with E-state index in [1.54, 1.807) is 4.57 Å². The monoisotopic (exact) mass is 351 g/mol. The number of nitrogens with zero attached hydrogens (tertiary/aromatic N) is 3. The summed E-state index contributed by atoms with van der Waals surface area (Å²) in [6, 6.07) is 16.2. The molecule has 1 aliphatic rings. The SMILES string of the molecule is CN(Cc1ccccc1N1CCCCC1)Cn1c(=O)oc2ccccc21. The van der Waals surface area contributed by atoms with Crippen LogP contribution in [0.3, 0.4) is 0 Å². The lowest BCUT2D eigenvalue weighted by molar-refractivity contribution is 0.253. The average molecular weight is 351 g/mol. The van der Waals surface area contributed by atoms with Crippen molar-refractivity contribution >= 4 is 16.8 Å². The highest BCUT2D eigenvalue weighted by Crippen LogP contribution is 2.25. The number of benzene rings is 2. The summed E-state index contributed by atoms with van der Waals surface area (Å²) < 4.78 is 7.03. The fourth-order valence-electron chi connectivity index (χ4n) is 3.82. The van der Waals surface area contributed by atoms with Gasteiger partial charge in [-0.05, 0) is 50.1 Å². The predicted molar refractivity (Wildman–Crippen MR) is 104 cm³/mol. The summed E-state index contributed by atoms with van der Waals surface area (Å²) in [5.74, 6) is -0.303. The van der Waals surface area contributed by atoms with Crippen molar-refractivity contribution in [3.05, 3.63) is 64.6 Å². The van der Waals surface area contributed by atoms with Gasteiger partial charge in [-0.1, -0.05) is 30.3 Å². The molecule has 0 radical (unpaired) electrons.